The van der Waals surface area contributed by atoms with E-state index < -0.39 is 11.2 Å². The van der Waals surface area contributed by atoms with Crippen molar-refractivity contribution in [1.82, 2.24) is 18.7 Å². The lowest BCUT2D eigenvalue weighted by molar-refractivity contribution is 0.372. The van der Waals surface area contributed by atoms with Gasteiger partial charge in [-0.05, 0) is 51.3 Å². The maximum atomic E-state index is 13.0. The van der Waals surface area contributed by atoms with E-state index in [1.165, 1.54) is 24.9 Å². The molecule has 4 rings (SSSR count). The largest absolute Gasteiger partial charge is 0.503 e. The van der Waals surface area contributed by atoms with Crippen molar-refractivity contribution in [2.24, 2.45) is 19.2 Å². The zero-order valence-electron chi connectivity index (χ0n) is 18.4. The quantitative estimate of drug-likeness (QED) is 0.283. The van der Waals surface area contributed by atoms with Gasteiger partial charge in [-0.3, -0.25) is 18.5 Å². The van der Waals surface area contributed by atoms with E-state index in [4.69, 9.17) is 16.3 Å². The number of rotatable bonds is 6. The van der Waals surface area contributed by atoms with E-state index in [9.17, 15) is 14.7 Å². The van der Waals surface area contributed by atoms with E-state index in [0.29, 0.717) is 15.1 Å². The molecule has 4 aromatic rings. The number of aromatic nitrogens is 4. The second-order valence-corrected chi connectivity index (χ2v) is 8.74. The Bertz CT molecular complexity index is 1540. The van der Waals surface area contributed by atoms with Crippen LogP contribution in [0.25, 0.3) is 11.2 Å². The normalized spacial score (nSPS) is 11.4. The number of phenols is 1. The van der Waals surface area contributed by atoms with E-state index in [0.717, 1.165) is 10.1 Å². The first kappa shape index (κ1) is 23.6. The maximum Gasteiger partial charge on any atom is 0.332 e. The van der Waals surface area contributed by atoms with Gasteiger partial charge in [0, 0.05) is 19.1 Å². The summed E-state index contributed by atoms with van der Waals surface area (Å²) in [6.07, 6.45) is 1.51. The van der Waals surface area contributed by atoms with Crippen LogP contribution in [0.3, 0.4) is 0 Å². The first-order valence-corrected chi connectivity index (χ1v) is 11.1. The van der Waals surface area contributed by atoms with Crippen LogP contribution in [-0.2, 0) is 20.6 Å². The Balaban J connectivity index is 1.79. The van der Waals surface area contributed by atoms with Crippen LogP contribution in [0.4, 0.5) is 5.95 Å². The molecule has 0 aliphatic carbocycles. The molecule has 0 fully saturated rings. The molecule has 176 valence electrons. The Labute approximate surface area is 206 Å². The number of halogens is 2. The van der Waals surface area contributed by atoms with Crippen molar-refractivity contribution in [3.8, 4) is 11.5 Å². The first-order chi connectivity index (χ1) is 16.2. The number of phenolic OH excluding ortho intramolecular Hbond substituents is 1. The van der Waals surface area contributed by atoms with Crippen LogP contribution in [0.2, 0.25) is 5.02 Å². The summed E-state index contributed by atoms with van der Waals surface area (Å²) in [6, 6.07) is 10.5. The second kappa shape index (κ2) is 9.35. The molecule has 34 heavy (non-hydrogen) atoms. The molecule has 0 saturated carbocycles. The number of ether oxygens (including phenoxy) is 1. The summed E-state index contributed by atoms with van der Waals surface area (Å²) in [6.45, 7) is 0.289. The zero-order chi connectivity index (χ0) is 24.6. The van der Waals surface area contributed by atoms with Gasteiger partial charge in [0.2, 0.25) is 5.95 Å². The SMILES string of the molecule is COc1cc(C=NNc2nc3c(c(=O)n(C)c(=O)n3C)n2Cc2ccc(Cl)cc2)cc(Br)c1O. The fourth-order valence-electron chi connectivity index (χ4n) is 3.45. The summed E-state index contributed by atoms with van der Waals surface area (Å²) in [5.41, 5.74) is 3.91. The maximum absolute atomic E-state index is 13.0. The zero-order valence-corrected chi connectivity index (χ0v) is 20.8. The number of fused-ring (bicyclic) bond motifs is 1. The van der Waals surface area contributed by atoms with Crippen LogP contribution in [0.5, 0.6) is 11.5 Å². The van der Waals surface area contributed by atoms with Gasteiger partial charge >= 0.3 is 5.69 Å². The Morgan fingerprint density at radius 1 is 1.21 bits per heavy atom. The third-order valence-corrected chi connectivity index (χ3v) is 6.11. The molecule has 2 aromatic carbocycles. The van der Waals surface area contributed by atoms with Crippen LogP contribution in [0.1, 0.15) is 11.1 Å². The van der Waals surface area contributed by atoms with Crippen molar-refractivity contribution in [2.75, 3.05) is 12.5 Å². The number of methoxy groups -OCH3 is 1. The van der Waals surface area contributed by atoms with Crippen LogP contribution in [0.15, 0.2) is 55.6 Å². The number of hydrazone groups is 1. The molecule has 0 unspecified atom stereocenters. The fraction of sp³-hybridized carbons (Fsp3) is 0.182. The van der Waals surface area contributed by atoms with Gasteiger partial charge in [0.05, 0.1) is 24.3 Å². The number of aromatic hydroxyl groups is 1. The van der Waals surface area contributed by atoms with Crippen molar-refractivity contribution >= 4 is 50.9 Å². The van der Waals surface area contributed by atoms with Gasteiger partial charge in [0.15, 0.2) is 22.7 Å². The van der Waals surface area contributed by atoms with E-state index >= 15 is 0 Å². The molecule has 0 spiro atoms. The van der Waals surface area contributed by atoms with Crippen molar-refractivity contribution in [3.63, 3.8) is 0 Å². The third-order valence-electron chi connectivity index (χ3n) is 5.25. The van der Waals surface area contributed by atoms with E-state index in [-0.39, 0.29) is 35.2 Å². The lowest BCUT2D eigenvalue weighted by atomic mass is 10.2. The molecule has 0 saturated heterocycles. The minimum absolute atomic E-state index is 0.0193. The molecule has 0 atom stereocenters. The van der Waals surface area contributed by atoms with Crippen molar-refractivity contribution in [1.29, 1.82) is 0 Å². The highest BCUT2D eigenvalue weighted by atomic mass is 79.9. The molecular formula is C22H20BrClN6O4. The third kappa shape index (κ3) is 4.31. The van der Waals surface area contributed by atoms with Crippen LogP contribution in [0, 0.1) is 0 Å². The number of hydrogen-bond acceptors (Lipinski definition) is 7. The summed E-state index contributed by atoms with van der Waals surface area (Å²) in [5, 5.41) is 14.8. The average Bonchev–Trinajstić information content (AvgIpc) is 3.18. The van der Waals surface area contributed by atoms with Gasteiger partial charge in [-0.25, -0.2) is 10.2 Å². The molecular weight excluding hydrogens is 528 g/mol. The summed E-state index contributed by atoms with van der Waals surface area (Å²) >= 11 is 9.28. The van der Waals surface area contributed by atoms with Gasteiger partial charge in [-0.2, -0.15) is 10.1 Å². The highest BCUT2D eigenvalue weighted by molar-refractivity contribution is 9.10. The minimum atomic E-state index is -0.482. The molecule has 0 bridgehead atoms. The van der Waals surface area contributed by atoms with Gasteiger partial charge in [-0.1, -0.05) is 23.7 Å². The van der Waals surface area contributed by atoms with Gasteiger partial charge in [-0.15, -0.1) is 0 Å². The fourth-order valence-corrected chi connectivity index (χ4v) is 4.03. The van der Waals surface area contributed by atoms with Crippen molar-refractivity contribution in [2.45, 2.75) is 6.54 Å². The Kier molecular flexibility index (Phi) is 6.49. The molecule has 0 aliphatic heterocycles. The predicted molar refractivity (Wildman–Crippen MR) is 134 cm³/mol. The first-order valence-electron chi connectivity index (χ1n) is 9.97. The highest BCUT2D eigenvalue weighted by Gasteiger charge is 2.19. The molecule has 2 aromatic heterocycles. The summed E-state index contributed by atoms with van der Waals surface area (Å²) in [5.74, 6) is 0.530. The molecule has 12 heteroatoms. The van der Waals surface area contributed by atoms with E-state index in [2.05, 4.69) is 31.4 Å². The van der Waals surface area contributed by atoms with Crippen LogP contribution < -0.4 is 21.4 Å². The van der Waals surface area contributed by atoms with E-state index in [1.54, 1.807) is 35.9 Å². The lowest BCUT2D eigenvalue weighted by Crippen LogP contribution is -2.37. The number of imidazole rings is 1. The topological polar surface area (TPSA) is 116 Å². The molecule has 0 radical (unpaired) electrons. The molecule has 0 amide bonds. The summed E-state index contributed by atoms with van der Waals surface area (Å²) in [4.78, 5) is 29.9. The lowest BCUT2D eigenvalue weighted by Gasteiger charge is -2.09. The van der Waals surface area contributed by atoms with Crippen LogP contribution in [-0.4, -0.2) is 37.1 Å². The van der Waals surface area contributed by atoms with Crippen molar-refractivity contribution < 1.29 is 9.84 Å². The average molecular weight is 548 g/mol. The van der Waals surface area contributed by atoms with Crippen LogP contribution >= 0.6 is 27.5 Å². The second-order valence-electron chi connectivity index (χ2n) is 7.45. The van der Waals surface area contributed by atoms with Crippen molar-refractivity contribution in [3.05, 3.63) is 77.9 Å². The number of nitrogens with zero attached hydrogens (tertiary/aromatic N) is 5. The molecule has 0 aliphatic rings. The Morgan fingerprint density at radius 3 is 2.59 bits per heavy atom. The highest BCUT2D eigenvalue weighted by Crippen LogP contribution is 2.34. The Morgan fingerprint density at radius 2 is 1.91 bits per heavy atom. The molecule has 2 heterocycles. The molecule has 10 nitrogen and oxygen atoms in total. The number of benzene rings is 2. The summed E-state index contributed by atoms with van der Waals surface area (Å²) < 4.78 is 9.61. The van der Waals surface area contributed by atoms with E-state index in [1.807, 2.05) is 12.1 Å². The summed E-state index contributed by atoms with van der Waals surface area (Å²) in [7, 11) is 4.42. The number of nitrogens with one attached hydrogen (secondary N) is 1. The molecule has 2 N–H and O–H groups in total. The Hall–Kier alpha value is -3.57. The smallest absolute Gasteiger partial charge is 0.332 e. The monoisotopic (exact) mass is 546 g/mol. The van der Waals surface area contributed by atoms with Gasteiger partial charge in [0.1, 0.15) is 0 Å². The van der Waals surface area contributed by atoms with Gasteiger partial charge in [0.25, 0.3) is 5.56 Å². The number of anilines is 1. The predicted octanol–water partition coefficient (Wildman–Crippen LogP) is 3.06. The standard InChI is InChI=1S/C22H20BrClN6O4/c1-28-19-17(20(32)29(2)22(28)33)30(11-12-4-6-14(24)7-5-12)21(26-19)27-25-10-13-8-15(23)18(31)16(9-13)34-3/h4-10,31H,11H2,1-3H3,(H,26,27). The number of hydrogen-bond donors (Lipinski definition) is 2. The van der Waals surface area contributed by atoms with Gasteiger partial charge < -0.3 is 9.84 Å². The minimum Gasteiger partial charge on any atom is -0.503 e. The number of aryl methyl sites for hydroxylation is 1.